The minimum absolute atomic E-state index is 0.106. The van der Waals surface area contributed by atoms with Gasteiger partial charge in [-0.1, -0.05) is 12.1 Å². The average Bonchev–Trinajstić information content (AvgIpc) is 2.47. The van der Waals surface area contributed by atoms with Gasteiger partial charge in [0, 0.05) is 23.5 Å². The van der Waals surface area contributed by atoms with Gasteiger partial charge < -0.3 is 9.84 Å². The molecule has 0 radical (unpaired) electrons. The van der Waals surface area contributed by atoms with Gasteiger partial charge in [-0.3, -0.25) is 4.98 Å². The molecule has 2 aromatic rings. The highest BCUT2D eigenvalue weighted by atomic mass is 16.5. The molecule has 1 aromatic heterocycles. The lowest BCUT2D eigenvalue weighted by Gasteiger charge is -2.16. The molecule has 0 saturated heterocycles. The summed E-state index contributed by atoms with van der Waals surface area (Å²) in [6.07, 6.45) is 5.14. The standard InChI is InChI=1S/C15H11NO3/c17-15(18)13-7-12-6-10(3-4-14(12)19-9-13)11-2-1-5-16-8-11/h1-8H,9H2,(H,17,18). The molecule has 1 aliphatic heterocycles. The molecule has 0 spiro atoms. The molecule has 4 heteroatoms. The third kappa shape index (κ3) is 2.20. The van der Waals surface area contributed by atoms with E-state index in [-0.39, 0.29) is 12.2 Å². The number of hydrogen-bond acceptors (Lipinski definition) is 3. The first-order valence-corrected chi connectivity index (χ1v) is 5.85. The van der Waals surface area contributed by atoms with E-state index in [9.17, 15) is 4.79 Å². The molecule has 0 unspecified atom stereocenters. The van der Waals surface area contributed by atoms with Gasteiger partial charge in [-0.2, -0.15) is 0 Å². The SMILES string of the molecule is O=C(O)C1=Cc2cc(-c3cccnc3)ccc2OC1. The van der Waals surface area contributed by atoms with Crippen molar-refractivity contribution in [2.24, 2.45) is 0 Å². The van der Waals surface area contributed by atoms with Crippen LogP contribution in [0.3, 0.4) is 0 Å². The quantitative estimate of drug-likeness (QED) is 0.893. The molecule has 0 bridgehead atoms. The number of aliphatic carboxylic acids is 1. The third-order valence-electron chi connectivity index (χ3n) is 2.99. The maximum Gasteiger partial charge on any atom is 0.335 e. The number of aromatic nitrogens is 1. The van der Waals surface area contributed by atoms with Crippen LogP contribution in [0.25, 0.3) is 17.2 Å². The fraction of sp³-hybridized carbons (Fsp3) is 0.0667. The van der Waals surface area contributed by atoms with Gasteiger partial charge in [-0.05, 0) is 29.8 Å². The van der Waals surface area contributed by atoms with E-state index in [1.54, 1.807) is 18.5 Å². The number of carboxylic acid groups (broad SMARTS) is 1. The predicted molar refractivity (Wildman–Crippen MR) is 70.8 cm³/mol. The molecule has 0 amide bonds. The fourth-order valence-electron chi connectivity index (χ4n) is 2.01. The summed E-state index contributed by atoms with van der Waals surface area (Å²) in [4.78, 5) is 15.0. The van der Waals surface area contributed by atoms with Crippen molar-refractivity contribution in [1.29, 1.82) is 0 Å². The highest BCUT2D eigenvalue weighted by Gasteiger charge is 2.16. The molecule has 3 rings (SSSR count). The molecule has 1 aromatic carbocycles. The number of hydrogen-bond donors (Lipinski definition) is 1. The van der Waals surface area contributed by atoms with E-state index in [1.807, 2.05) is 30.3 Å². The van der Waals surface area contributed by atoms with E-state index in [0.29, 0.717) is 5.75 Å². The summed E-state index contributed by atoms with van der Waals surface area (Å²) in [7, 11) is 0. The minimum Gasteiger partial charge on any atom is -0.488 e. The van der Waals surface area contributed by atoms with Crippen molar-refractivity contribution in [1.82, 2.24) is 4.98 Å². The number of rotatable bonds is 2. The van der Waals surface area contributed by atoms with Crippen LogP contribution in [0.15, 0.2) is 48.3 Å². The minimum atomic E-state index is -0.947. The Morgan fingerprint density at radius 1 is 1.26 bits per heavy atom. The monoisotopic (exact) mass is 253 g/mol. The Hall–Kier alpha value is -2.62. The number of carbonyl (C=O) groups is 1. The topological polar surface area (TPSA) is 59.4 Å². The van der Waals surface area contributed by atoms with Crippen LogP contribution in [0.1, 0.15) is 5.56 Å². The van der Waals surface area contributed by atoms with Crippen LogP contribution in [0.4, 0.5) is 0 Å². The molecule has 19 heavy (non-hydrogen) atoms. The summed E-state index contributed by atoms with van der Waals surface area (Å²) in [5.41, 5.74) is 3.01. The smallest absolute Gasteiger partial charge is 0.335 e. The second kappa shape index (κ2) is 4.57. The highest BCUT2D eigenvalue weighted by Crippen LogP contribution is 2.30. The largest absolute Gasteiger partial charge is 0.488 e. The Balaban J connectivity index is 2.05. The normalized spacial score (nSPS) is 13.2. The lowest BCUT2D eigenvalue weighted by molar-refractivity contribution is -0.132. The van der Waals surface area contributed by atoms with Crippen molar-refractivity contribution in [2.45, 2.75) is 0 Å². The Morgan fingerprint density at radius 3 is 2.89 bits per heavy atom. The maximum absolute atomic E-state index is 11.0. The van der Waals surface area contributed by atoms with Gasteiger partial charge in [0.1, 0.15) is 12.4 Å². The maximum atomic E-state index is 11.0. The third-order valence-corrected chi connectivity index (χ3v) is 2.99. The van der Waals surface area contributed by atoms with E-state index in [1.165, 1.54) is 0 Å². The van der Waals surface area contributed by atoms with Crippen LogP contribution in [0.5, 0.6) is 5.75 Å². The molecule has 1 aliphatic rings. The zero-order chi connectivity index (χ0) is 13.2. The molecule has 0 saturated carbocycles. The average molecular weight is 253 g/mol. The van der Waals surface area contributed by atoms with Gasteiger partial charge in [-0.15, -0.1) is 0 Å². The number of fused-ring (bicyclic) bond motifs is 1. The van der Waals surface area contributed by atoms with Crippen molar-refractivity contribution in [3.05, 3.63) is 53.9 Å². The van der Waals surface area contributed by atoms with Gasteiger partial charge in [0.05, 0.1) is 5.57 Å². The van der Waals surface area contributed by atoms with Crippen molar-refractivity contribution < 1.29 is 14.6 Å². The zero-order valence-electron chi connectivity index (χ0n) is 10.0. The summed E-state index contributed by atoms with van der Waals surface area (Å²) >= 11 is 0. The van der Waals surface area contributed by atoms with Crippen molar-refractivity contribution in [2.75, 3.05) is 6.61 Å². The summed E-state index contributed by atoms with van der Waals surface area (Å²) in [5, 5.41) is 8.99. The fourth-order valence-corrected chi connectivity index (χ4v) is 2.01. The predicted octanol–water partition coefficient (Wildman–Crippen LogP) is 2.61. The molecule has 0 atom stereocenters. The summed E-state index contributed by atoms with van der Waals surface area (Å²) in [6.45, 7) is 0.106. The van der Waals surface area contributed by atoms with E-state index >= 15 is 0 Å². The van der Waals surface area contributed by atoms with Crippen LogP contribution in [0.2, 0.25) is 0 Å². The Kier molecular flexibility index (Phi) is 2.76. The zero-order valence-corrected chi connectivity index (χ0v) is 10.0. The molecule has 94 valence electrons. The summed E-state index contributed by atoms with van der Waals surface area (Å²) < 4.78 is 5.42. The summed E-state index contributed by atoms with van der Waals surface area (Å²) in [6, 6.07) is 9.53. The van der Waals surface area contributed by atoms with Gasteiger partial charge >= 0.3 is 5.97 Å². The highest BCUT2D eigenvalue weighted by molar-refractivity contribution is 5.94. The summed E-state index contributed by atoms with van der Waals surface area (Å²) in [5.74, 6) is -0.241. The van der Waals surface area contributed by atoms with Crippen LogP contribution in [-0.4, -0.2) is 22.7 Å². The second-order valence-corrected chi connectivity index (χ2v) is 4.26. The lowest BCUT2D eigenvalue weighted by Crippen LogP contribution is -2.14. The number of nitrogens with zero attached hydrogens (tertiary/aromatic N) is 1. The van der Waals surface area contributed by atoms with Gasteiger partial charge in [0.25, 0.3) is 0 Å². The molecular formula is C15H11NO3. The van der Waals surface area contributed by atoms with E-state index in [4.69, 9.17) is 9.84 Å². The van der Waals surface area contributed by atoms with Gasteiger partial charge in [-0.25, -0.2) is 4.79 Å². The van der Waals surface area contributed by atoms with Crippen LogP contribution >= 0.6 is 0 Å². The first kappa shape index (κ1) is 11.5. The second-order valence-electron chi connectivity index (χ2n) is 4.26. The first-order chi connectivity index (χ1) is 9.24. The molecule has 0 aliphatic carbocycles. The molecule has 4 nitrogen and oxygen atoms in total. The Morgan fingerprint density at radius 2 is 2.16 bits per heavy atom. The van der Waals surface area contributed by atoms with Crippen molar-refractivity contribution in [3.63, 3.8) is 0 Å². The molecule has 2 heterocycles. The molecular weight excluding hydrogens is 242 g/mol. The van der Waals surface area contributed by atoms with Gasteiger partial charge in [0.15, 0.2) is 0 Å². The van der Waals surface area contributed by atoms with Gasteiger partial charge in [0.2, 0.25) is 0 Å². The Labute approximate surface area is 110 Å². The number of pyridine rings is 1. The van der Waals surface area contributed by atoms with Crippen LogP contribution in [0, 0.1) is 0 Å². The number of carboxylic acids is 1. The van der Waals surface area contributed by atoms with E-state index in [2.05, 4.69) is 4.98 Å². The lowest BCUT2D eigenvalue weighted by atomic mass is 10.0. The first-order valence-electron chi connectivity index (χ1n) is 5.85. The van der Waals surface area contributed by atoms with Crippen molar-refractivity contribution >= 4 is 12.0 Å². The van der Waals surface area contributed by atoms with Crippen LogP contribution in [-0.2, 0) is 4.79 Å². The molecule has 0 fully saturated rings. The Bertz CT molecular complexity index is 662. The van der Waals surface area contributed by atoms with Crippen molar-refractivity contribution in [3.8, 4) is 16.9 Å². The van der Waals surface area contributed by atoms with E-state index in [0.717, 1.165) is 16.7 Å². The van der Waals surface area contributed by atoms with Crippen LogP contribution < -0.4 is 4.74 Å². The molecule has 1 N–H and O–H groups in total. The number of ether oxygens (including phenoxy) is 1. The van der Waals surface area contributed by atoms with E-state index < -0.39 is 5.97 Å². The number of benzene rings is 1.